The van der Waals surface area contributed by atoms with Gasteiger partial charge in [-0.15, -0.1) is 0 Å². The number of methoxy groups -OCH3 is 1. The first-order valence-electron chi connectivity index (χ1n) is 13.2. The molecule has 9 heteroatoms. The summed E-state index contributed by atoms with van der Waals surface area (Å²) in [5.74, 6) is 2.14. The summed E-state index contributed by atoms with van der Waals surface area (Å²) >= 11 is 4.46. The average Bonchev–Trinajstić information content (AvgIpc) is 3.18. The van der Waals surface area contributed by atoms with Crippen LogP contribution < -0.4 is 18.9 Å². The number of amides is 2. The van der Waals surface area contributed by atoms with E-state index in [4.69, 9.17) is 18.9 Å². The lowest BCUT2D eigenvalue weighted by atomic mass is 9.87. The molecule has 1 fully saturated rings. The number of nitrogens with zero attached hydrogens (tertiary/aromatic N) is 1. The largest absolute Gasteiger partial charge is 0.493 e. The van der Waals surface area contributed by atoms with Crippen molar-refractivity contribution < 1.29 is 28.5 Å². The van der Waals surface area contributed by atoms with E-state index >= 15 is 0 Å². The topological polar surface area (TPSA) is 74.3 Å². The molecule has 0 unspecified atom stereocenters. The molecule has 1 aliphatic rings. The van der Waals surface area contributed by atoms with Crippen molar-refractivity contribution in [3.05, 3.63) is 86.7 Å². The molecule has 2 amide bonds. The van der Waals surface area contributed by atoms with E-state index < -0.39 is 0 Å². The van der Waals surface area contributed by atoms with Gasteiger partial charge in [0.1, 0.15) is 31.3 Å². The molecule has 41 heavy (non-hydrogen) atoms. The Hall–Kier alpha value is -3.43. The van der Waals surface area contributed by atoms with Gasteiger partial charge in [-0.3, -0.25) is 14.5 Å². The van der Waals surface area contributed by atoms with Crippen molar-refractivity contribution in [2.24, 2.45) is 0 Å². The van der Waals surface area contributed by atoms with Crippen LogP contribution in [0.1, 0.15) is 37.5 Å². The van der Waals surface area contributed by atoms with Crippen LogP contribution in [0.5, 0.6) is 23.0 Å². The molecule has 0 spiro atoms. The third-order valence-electron chi connectivity index (χ3n) is 6.32. The molecule has 3 aromatic rings. The fourth-order valence-electron chi connectivity index (χ4n) is 4.12. The molecular formula is C32H34BrNO6S. The van der Waals surface area contributed by atoms with E-state index in [0.717, 1.165) is 23.1 Å². The smallest absolute Gasteiger partial charge is 0.293 e. The van der Waals surface area contributed by atoms with E-state index in [1.54, 1.807) is 19.3 Å². The first kappa shape index (κ1) is 30.5. The summed E-state index contributed by atoms with van der Waals surface area (Å²) in [4.78, 5) is 27.0. The van der Waals surface area contributed by atoms with Crippen molar-refractivity contribution in [3.63, 3.8) is 0 Å². The molecule has 0 radical (unpaired) electrons. The highest BCUT2D eigenvalue weighted by atomic mass is 79.9. The van der Waals surface area contributed by atoms with Crippen LogP contribution in [-0.2, 0) is 10.2 Å². The Labute approximate surface area is 253 Å². The molecule has 0 bridgehead atoms. The molecular weight excluding hydrogens is 606 g/mol. The van der Waals surface area contributed by atoms with Crippen LogP contribution in [0.3, 0.4) is 0 Å². The van der Waals surface area contributed by atoms with Crippen LogP contribution in [0.25, 0.3) is 6.08 Å². The molecule has 7 nitrogen and oxygen atoms in total. The summed E-state index contributed by atoms with van der Waals surface area (Å²) in [6.07, 6.45) is 1.67. The van der Waals surface area contributed by atoms with Crippen molar-refractivity contribution in [2.45, 2.75) is 33.1 Å². The van der Waals surface area contributed by atoms with E-state index in [1.807, 2.05) is 49.4 Å². The average molecular weight is 641 g/mol. The van der Waals surface area contributed by atoms with Gasteiger partial charge in [0, 0.05) is 0 Å². The van der Waals surface area contributed by atoms with Gasteiger partial charge in [0.25, 0.3) is 11.1 Å². The summed E-state index contributed by atoms with van der Waals surface area (Å²) < 4.78 is 23.7. The van der Waals surface area contributed by atoms with Gasteiger partial charge in [0.05, 0.1) is 23.0 Å². The summed E-state index contributed by atoms with van der Waals surface area (Å²) in [6.45, 7) is 9.53. The molecule has 1 aliphatic heterocycles. The molecule has 4 rings (SSSR count). The zero-order valence-electron chi connectivity index (χ0n) is 23.9. The van der Waals surface area contributed by atoms with Gasteiger partial charge in [-0.2, -0.15) is 0 Å². The Bertz CT molecular complexity index is 1430. The maximum Gasteiger partial charge on any atom is 0.293 e. The number of thioether (sulfide) groups is 1. The molecule has 0 aromatic heterocycles. The quantitative estimate of drug-likeness (QED) is 0.158. The number of aryl methyl sites for hydroxylation is 1. The lowest BCUT2D eigenvalue weighted by molar-refractivity contribution is -0.123. The number of carbonyl (C=O) groups excluding carboxylic acids is 2. The molecule has 216 valence electrons. The number of carbonyl (C=O) groups is 2. The minimum Gasteiger partial charge on any atom is -0.493 e. The number of hydrogen-bond donors (Lipinski definition) is 0. The van der Waals surface area contributed by atoms with E-state index in [9.17, 15) is 9.59 Å². The normalized spacial score (nSPS) is 14.5. The molecule has 1 heterocycles. The van der Waals surface area contributed by atoms with Gasteiger partial charge in [-0.25, -0.2) is 0 Å². The fraction of sp³-hybridized carbons (Fsp3) is 0.312. The maximum absolute atomic E-state index is 13.0. The van der Waals surface area contributed by atoms with Crippen molar-refractivity contribution in [1.29, 1.82) is 0 Å². The van der Waals surface area contributed by atoms with Gasteiger partial charge in [0.2, 0.25) is 0 Å². The van der Waals surface area contributed by atoms with Gasteiger partial charge in [0.15, 0.2) is 11.5 Å². The monoisotopic (exact) mass is 639 g/mol. The number of rotatable bonds is 11. The second-order valence-corrected chi connectivity index (χ2v) is 12.4. The van der Waals surface area contributed by atoms with Crippen LogP contribution in [0.2, 0.25) is 0 Å². The van der Waals surface area contributed by atoms with Gasteiger partial charge in [-0.05, 0) is 99.2 Å². The predicted octanol–water partition coefficient (Wildman–Crippen LogP) is 7.64. The summed E-state index contributed by atoms with van der Waals surface area (Å²) in [5.41, 5.74) is 3.09. The van der Waals surface area contributed by atoms with E-state index in [-0.39, 0.29) is 29.7 Å². The Kier molecular flexibility index (Phi) is 10.0. The van der Waals surface area contributed by atoms with E-state index in [2.05, 4.69) is 48.8 Å². The minimum absolute atomic E-state index is 0.0853. The Morgan fingerprint density at radius 2 is 1.61 bits per heavy atom. The Balaban J connectivity index is 1.34. The molecule has 0 aliphatic carbocycles. The highest BCUT2D eigenvalue weighted by Crippen LogP contribution is 2.39. The maximum atomic E-state index is 13.0. The Morgan fingerprint density at radius 3 is 2.29 bits per heavy atom. The third-order valence-corrected chi connectivity index (χ3v) is 7.81. The molecule has 1 saturated heterocycles. The van der Waals surface area contributed by atoms with Gasteiger partial charge in [-0.1, -0.05) is 45.0 Å². The third kappa shape index (κ3) is 8.07. The molecule has 0 atom stereocenters. The van der Waals surface area contributed by atoms with Crippen molar-refractivity contribution in [2.75, 3.05) is 33.5 Å². The zero-order chi connectivity index (χ0) is 29.6. The first-order valence-corrected chi connectivity index (χ1v) is 14.8. The molecule has 0 N–H and O–H groups in total. The van der Waals surface area contributed by atoms with E-state index in [0.29, 0.717) is 45.4 Å². The molecule has 0 saturated carbocycles. The van der Waals surface area contributed by atoms with Crippen molar-refractivity contribution >= 4 is 44.9 Å². The minimum atomic E-state index is -0.351. The van der Waals surface area contributed by atoms with Crippen LogP contribution in [0.4, 0.5) is 4.79 Å². The number of halogens is 1. The lowest BCUT2D eigenvalue weighted by Crippen LogP contribution is -2.32. The van der Waals surface area contributed by atoms with E-state index in [1.165, 1.54) is 10.5 Å². The SMILES string of the molecule is COc1cc(/C=C2\SC(=O)N(CCOc3cccc(C)c3)C2=O)cc(Br)c1OCCOc1ccc(C(C)(C)C)cc1. The second kappa shape index (κ2) is 13.5. The zero-order valence-corrected chi connectivity index (χ0v) is 26.3. The van der Waals surface area contributed by atoms with Crippen LogP contribution >= 0.6 is 27.7 Å². The number of ether oxygens (including phenoxy) is 4. The molecule has 3 aromatic carbocycles. The predicted molar refractivity (Wildman–Crippen MR) is 166 cm³/mol. The van der Waals surface area contributed by atoms with Crippen molar-refractivity contribution in [3.8, 4) is 23.0 Å². The Morgan fingerprint density at radius 1 is 0.902 bits per heavy atom. The number of hydrogen-bond acceptors (Lipinski definition) is 7. The number of benzene rings is 3. The fourth-order valence-corrected chi connectivity index (χ4v) is 5.56. The first-order chi connectivity index (χ1) is 19.5. The van der Waals surface area contributed by atoms with Gasteiger partial charge < -0.3 is 18.9 Å². The highest BCUT2D eigenvalue weighted by Gasteiger charge is 2.35. The lowest BCUT2D eigenvalue weighted by Gasteiger charge is -2.19. The van der Waals surface area contributed by atoms with Gasteiger partial charge >= 0.3 is 0 Å². The van der Waals surface area contributed by atoms with Crippen LogP contribution in [0.15, 0.2) is 70.0 Å². The summed E-state index contributed by atoms with van der Waals surface area (Å²) in [7, 11) is 1.55. The van der Waals surface area contributed by atoms with Crippen molar-refractivity contribution in [1.82, 2.24) is 4.90 Å². The summed E-state index contributed by atoms with van der Waals surface area (Å²) in [6, 6.07) is 19.3. The standard InChI is InChI=1S/C32H34BrNO6S/c1-21-7-6-8-25(17-21)38-14-13-34-30(35)28(41-31(34)36)20-22-18-26(33)29(27(19-22)37-5)40-16-15-39-24-11-9-23(10-12-24)32(2,3)4/h6-12,17-20H,13-16H2,1-5H3/b28-20-. The number of imide groups is 1. The van der Waals surface area contributed by atoms with Crippen LogP contribution in [-0.4, -0.2) is 49.5 Å². The van der Waals surface area contributed by atoms with Crippen LogP contribution in [0, 0.1) is 6.92 Å². The summed E-state index contributed by atoms with van der Waals surface area (Å²) in [5, 5.41) is -0.326. The highest BCUT2D eigenvalue weighted by molar-refractivity contribution is 9.10. The second-order valence-electron chi connectivity index (χ2n) is 10.5.